The molecule has 0 aliphatic rings. The summed E-state index contributed by atoms with van der Waals surface area (Å²) in [6.07, 6.45) is 0. The number of carbonyl (C=O) groups is 1. The van der Waals surface area contributed by atoms with E-state index in [1.807, 2.05) is 0 Å². The molecule has 10 nitrogen and oxygen atoms in total. The summed E-state index contributed by atoms with van der Waals surface area (Å²) in [5.74, 6) is -0.658. The van der Waals surface area contributed by atoms with Gasteiger partial charge in [0.2, 0.25) is 0 Å². The molecule has 10 heteroatoms. The number of non-ortho nitro benzene ring substituents is 1. The molecule has 0 fully saturated rings. The number of amides is 1. The van der Waals surface area contributed by atoms with Crippen LogP contribution in [-0.2, 0) is 4.79 Å². The van der Waals surface area contributed by atoms with Crippen LogP contribution in [0.3, 0.4) is 0 Å². The van der Waals surface area contributed by atoms with E-state index in [0.29, 0.717) is 16.8 Å². The largest absolute Gasteiger partial charge is 0.477 e. The normalized spacial score (nSPS) is 11.0. The molecule has 2 rings (SSSR count). The molecule has 0 saturated carbocycles. The van der Waals surface area contributed by atoms with Gasteiger partial charge >= 0.3 is 5.69 Å². The maximum absolute atomic E-state index is 11.9. The average Bonchev–Trinajstić information content (AvgIpc) is 2.64. The zero-order chi connectivity index (χ0) is 20.0. The highest BCUT2D eigenvalue weighted by atomic mass is 16.6. The highest BCUT2D eigenvalue weighted by Crippen LogP contribution is 2.27. The lowest BCUT2D eigenvalue weighted by molar-refractivity contribution is -0.385. The van der Waals surface area contributed by atoms with Crippen molar-refractivity contribution in [3.63, 3.8) is 0 Å². The van der Waals surface area contributed by atoms with Crippen LogP contribution in [0.2, 0.25) is 0 Å². The molecule has 2 aromatic rings. The van der Waals surface area contributed by atoms with Gasteiger partial charge in [-0.15, -0.1) is 0 Å². The Morgan fingerprint density at radius 2 is 1.89 bits per heavy atom. The maximum Gasteiger partial charge on any atom is 0.311 e. The van der Waals surface area contributed by atoms with Gasteiger partial charge in [0, 0.05) is 23.8 Å². The van der Waals surface area contributed by atoms with Crippen LogP contribution in [0.5, 0.6) is 5.75 Å². The summed E-state index contributed by atoms with van der Waals surface area (Å²) in [5.41, 5.74) is 3.43. The summed E-state index contributed by atoms with van der Waals surface area (Å²) in [6, 6.07) is 10.2. The van der Waals surface area contributed by atoms with Crippen LogP contribution in [-0.4, -0.2) is 28.1 Å². The molecular formula is C17H16N4O6. The van der Waals surface area contributed by atoms with Crippen LogP contribution < -0.4 is 10.2 Å². The van der Waals surface area contributed by atoms with E-state index in [4.69, 9.17) is 4.74 Å². The van der Waals surface area contributed by atoms with Gasteiger partial charge in [-0.25, -0.2) is 5.43 Å². The van der Waals surface area contributed by atoms with E-state index < -0.39 is 22.4 Å². The SMILES string of the molecule is C/C(=N/NC(=O)COc1ccc(C)cc1[N+](=O)[O-])c1cccc([N+](=O)[O-])c1. The summed E-state index contributed by atoms with van der Waals surface area (Å²) < 4.78 is 5.19. The van der Waals surface area contributed by atoms with E-state index in [1.165, 1.54) is 30.3 Å². The molecule has 2 aromatic carbocycles. The first-order valence-electron chi connectivity index (χ1n) is 7.73. The van der Waals surface area contributed by atoms with Gasteiger partial charge in [0.05, 0.1) is 15.6 Å². The number of carbonyl (C=O) groups excluding carboxylic acids is 1. The Hall–Kier alpha value is -3.82. The summed E-state index contributed by atoms with van der Waals surface area (Å²) >= 11 is 0. The molecule has 27 heavy (non-hydrogen) atoms. The number of hydrazone groups is 1. The van der Waals surface area contributed by atoms with Crippen LogP contribution in [0.1, 0.15) is 18.1 Å². The molecule has 0 saturated heterocycles. The molecule has 0 radical (unpaired) electrons. The van der Waals surface area contributed by atoms with Crippen molar-refractivity contribution in [2.75, 3.05) is 6.61 Å². The number of nitro benzene ring substituents is 2. The monoisotopic (exact) mass is 372 g/mol. The first kappa shape index (κ1) is 19.5. The molecule has 0 unspecified atom stereocenters. The standard InChI is InChI=1S/C17H16N4O6/c1-11-6-7-16(15(8-11)21(25)26)27-10-17(22)19-18-12(2)13-4-3-5-14(9-13)20(23)24/h3-9H,10H2,1-2H3,(H,19,22)/b18-12-. The van der Waals surface area contributed by atoms with Crippen LogP contribution in [0, 0.1) is 27.2 Å². The third kappa shape index (κ3) is 5.33. The number of nitrogens with one attached hydrogen (secondary N) is 1. The molecule has 0 aromatic heterocycles. The molecule has 1 amide bonds. The van der Waals surface area contributed by atoms with E-state index in [1.54, 1.807) is 26.0 Å². The number of rotatable bonds is 7. The van der Waals surface area contributed by atoms with Gasteiger partial charge in [-0.1, -0.05) is 18.2 Å². The van der Waals surface area contributed by atoms with E-state index in [2.05, 4.69) is 10.5 Å². The smallest absolute Gasteiger partial charge is 0.311 e. The zero-order valence-corrected chi connectivity index (χ0v) is 14.5. The van der Waals surface area contributed by atoms with Crippen LogP contribution in [0.25, 0.3) is 0 Å². The second-order valence-electron chi connectivity index (χ2n) is 5.56. The number of aryl methyl sites for hydroxylation is 1. The van der Waals surface area contributed by atoms with E-state index in [-0.39, 0.29) is 17.1 Å². The molecule has 0 heterocycles. The fraction of sp³-hybridized carbons (Fsp3) is 0.176. The minimum absolute atomic E-state index is 0.0277. The first-order chi connectivity index (χ1) is 12.8. The predicted molar refractivity (Wildman–Crippen MR) is 96.8 cm³/mol. The Balaban J connectivity index is 2.00. The lowest BCUT2D eigenvalue weighted by atomic mass is 10.1. The molecule has 0 bridgehead atoms. The Morgan fingerprint density at radius 1 is 1.15 bits per heavy atom. The molecule has 1 N–H and O–H groups in total. The summed E-state index contributed by atoms with van der Waals surface area (Å²) in [4.78, 5) is 32.5. The molecule has 0 aliphatic carbocycles. The third-order valence-corrected chi connectivity index (χ3v) is 3.49. The first-order valence-corrected chi connectivity index (χ1v) is 7.73. The van der Waals surface area contributed by atoms with Gasteiger partial charge in [-0.2, -0.15) is 5.10 Å². The van der Waals surface area contributed by atoms with Gasteiger partial charge in [-0.05, 0) is 25.5 Å². The van der Waals surface area contributed by atoms with E-state index in [0.717, 1.165) is 0 Å². The molecule has 140 valence electrons. The average molecular weight is 372 g/mol. The minimum Gasteiger partial charge on any atom is -0.477 e. The number of hydrogen-bond donors (Lipinski definition) is 1. The lowest BCUT2D eigenvalue weighted by Gasteiger charge is -2.07. The second kappa shape index (κ2) is 8.52. The van der Waals surface area contributed by atoms with E-state index >= 15 is 0 Å². The molecular weight excluding hydrogens is 356 g/mol. The predicted octanol–water partition coefficient (Wildman–Crippen LogP) is 2.73. The van der Waals surface area contributed by atoms with Crippen molar-refractivity contribution < 1.29 is 19.4 Å². The zero-order valence-electron chi connectivity index (χ0n) is 14.5. The summed E-state index contributed by atoms with van der Waals surface area (Å²) in [6.45, 7) is 2.80. The highest BCUT2D eigenvalue weighted by Gasteiger charge is 2.16. The van der Waals surface area contributed by atoms with Gasteiger partial charge in [0.25, 0.3) is 11.6 Å². The summed E-state index contributed by atoms with van der Waals surface area (Å²) in [7, 11) is 0. The van der Waals surface area contributed by atoms with Crippen molar-refractivity contribution in [2.24, 2.45) is 5.10 Å². The van der Waals surface area contributed by atoms with Crippen molar-refractivity contribution in [1.82, 2.24) is 5.43 Å². The number of ether oxygens (including phenoxy) is 1. The van der Waals surface area contributed by atoms with Crippen LogP contribution >= 0.6 is 0 Å². The fourth-order valence-corrected chi connectivity index (χ4v) is 2.12. The number of hydrogen-bond acceptors (Lipinski definition) is 7. The fourth-order valence-electron chi connectivity index (χ4n) is 2.12. The van der Waals surface area contributed by atoms with Gasteiger partial charge < -0.3 is 4.74 Å². The number of nitrogens with zero attached hydrogens (tertiary/aromatic N) is 3. The van der Waals surface area contributed by atoms with Crippen molar-refractivity contribution in [3.8, 4) is 5.75 Å². The van der Waals surface area contributed by atoms with E-state index in [9.17, 15) is 25.0 Å². The molecule has 0 aliphatic heterocycles. The Bertz CT molecular complexity index is 925. The number of nitro groups is 2. The Kier molecular flexibility index (Phi) is 6.15. The minimum atomic E-state index is -0.630. The maximum atomic E-state index is 11.9. The van der Waals surface area contributed by atoms with Gasteiger partial charge in [0.15, 0.2) is 12.4 Å². The summed E-state index contributed by atoms with van der Waals surface area (Å²) in [5, 5.41) is 25.7. The van der Waals surface area contributed by atoms with Crippen LogP contribution in [0.4, 0.5) is 11.4 Å². The van der Waals surface area contributed by atoms with Gasteiger partial charge in [0.1, 0.15) is 0 Å². The van der Waals surface area contributed by atoms with Crippen molar-refractivity contribution >= 4 is 23.0 Å². The third-order valence-electron chi connectivity index (χ3n) is 3.49. The van der Waals surface area contributed by atoms with Crippen molar-refractivity contribution in [1.29, 1.82) is 0 Å². The number of benzene rings is 2. The Labute approximate surface area is 153 Å². The Morgan fingerprint density at radius 3 is 2.56 bits per heavy atom. The van der Waals surface area contributed by atoms with Crippen molar-refractivity contribution in [3.05, 3.63) is 73.8 Å². The highest BCUT2D eigenvalue weighted by molar-refractivity contribution is 5.99. The molecule has 0 spiro atoms. The molecule has 0 atom stereocenters. The lowest BCUT2D eigenvalue weighted by Crippen LogP contribution is -2.25. The quantitative estimate of drug-likeness (QED) is 0.451. The van der Waals surface area contributed by atoms with Crippen LogP contribution in [0.15, 0.2) is 47.6 Å². The van der Waals surface area contributed by atoms with Crippen molar-refractivity contribution in [2.45, 2.75) is 13.8 Å². The van der Waals surface area contributed by atoms with Gasteiger partial charge in [-0.3, -0.25) is 25.0 Å². The second-order valence-corrected chi connectivity index (χ2v) is 5.56. The topological polar surface area (TPSA) is 137 Å².